The summed E-state index contributed by atoms with van der Waals surface area (Å²) in [5, 5.41) is 0. The highest BCUT2D eigenvalue weighted by Crippen LogP contribution is 2.59. The summed E-state index contributed by atoms with van der Waals surface area (Å²) in [5.74, 6) is 0.704. The van der Waals surface area contributed by atoms with Crippen LogP contribution in [0.5, 0.6) is 0 Å². The standard InChI is InChI=1S/C17H25NO/c1-2-6-15-13-17(15,18)16(9-11-19-12-10-16)14-7-4-3-5-8-14/h3-5,7-8,15H,2,6,9-13,18H2,1H3. The molecule has 2 atom stereocenters. The minimum atomic E-state index is 0.00808. The van der Waals surface area contributed by atoms with Crippen LogP contribution < -0.4 is 5.73 Å². The molecule has 2 nitrogen and oxygen atoms in total. The maximum absolute atomic E-state index is 6.86. The van der Waals surface area contributed by atoms with Crippen LogP contribution in [0.1, 0.15) is 44.6 Å². The Labute approximate surface area is 116 Å². The van der Waals surface area contributed by atoms with Crippen LogP contribution in [0, 0.1) is 5.92 Å². The molecule has 1 saturated carbocycles. The van der Waals surface area contributed by atoms with Gasteiger partial charge >= 0.3 is 0 Å². The molecule has 1 heterocycles. The van der Waals surface area contributed by atoms with Crippen molar-refractivity contribution in [2.75, 3.05) is 13.2 Å². The first-order chi connectivity index (χ1) is 9.23. The molecule has 1 aliphatic heterocycles. The van der Waals surface area contributed by atoms with Crippen LogP contribution in [0.25, 0.3) is 0 Å². The molecule has 2 fully saturated rings. The van der Waals surface area contributed by atoms with Gasteiger partial charge in [-0.3, -0.25) is 0 Å². The van der Waals surface area contributed by atoms with E-state index in [1.165, 1.54) is 24.8 Å². The third-order valence-electron chi connectivity index (χ3n) is 5.35. The molecule has 0 radical (unpaired) electrons. The Kier molecular flexibility index (Phi) is 3.40. The van der Waals surface area contributed by atoms with Gasteiger partial charge in [-0.15, -0.1) is 0 Å². The minimum Gasteiger partial charge on any atom is -0.381 e. The van der Waals surface area contributed by atoms with Crippen LogP contribution in [-0.2, 0) is 10.2 Å². The van der Waals surface area contributed by atoms with Gasteiger partial charge in [0.15, 0.2) is 0 Å². The van der Waals surface area contributed by atoms with Crippen LogP contribution >= 0.6 is 0 Å². The van der Waals surface area contributed by atoms with Gasteiger partial charge in [-0.1, -0.05) is 43.7 Å². The largest absolute Gasteiger partial charge is 0.381 e. The molecule has 1 aromatic rings. The summed E-state index contributed by atoms with van der Waals surface area (Å²) >= 11 is 0. The van der Waals surface area contributed by atoms with Crippen LogP contribution in [0.4, 0.5) is 0 Å². The van der Waals surface area contributed by atoms with Crippen LogP contribution in [0.3, 0.4) is 0 Å². The fourth-order valence-electron chi connectivity index (χ4n) is 4.14. The number of benzene rings is 1. The first-order valence-corrected chi connectivity index (χ1v) is 7.65. The van der Waals surface area contributed by atoms with Crippen LogP contribution in [0.15, 0.2) is 30.3 Å². The summed E-state index contributed by atoms with van der Waals surface area (Å²) in [6.45, 7) is 3.97. The molecule has 2 unspecified atom stereocenters. The van der Waals surface area contributed by atoms with E-state index in [4.69, 9.17) is 10.5 Å². The van der Waals surface area contributed by atoms with Gasteiger partial charge in [-0.05, 0) is 37.2 Å². The molecule has 0 amide bonds. The van der Waals surface area contributed by atoms with Crippen molar-refractivity contribution in [1.82, 2.24) is 0 Å². The van der Waals surface area contributed by atoms with Crippen LogP contribution in [0.2, 0.25) is 0 Å². The van der Waals surface area contributed by atoms with Gasteiger partial charge in [0.2, 0.25) is 0 Å². The summed E-state index contributed by atoms with van der Waals surface area (Å²) in [6.07, 6.45) is 5.86. The molecule has 2 N–H and O–H groups in total. The summed E-state index contributed by atoms with van der Waals surface area (Å²) < 4.78 is 5.61. The molecule has 0 spiro atoms. The zero-order valence-corrected chi connectivity index (χ0v) is 11.9. The van der Waals surface area contributed by atoms with Gasteiger partial charge in [-0.2, -0.15) is 0 Å². The van der Waals surface area contributed by atoms with E-state index in [1.54, 1.807) is 0 Å². The Balaban J connectivity index is 1.94. The zero-order valence-electron chi connectivity index (χ0n) is 11.9. The smallest absolute Gasteiger partial charge is 0.0475 e. The maximum Gasteiger partial charge on any atom is 0.0475 e. The van der Waals surface area contributed by atoms with Crippen molar-refractivity contribution in [3.63, 3.8) is 0 Å². The lowest BCUT2D eigenvalue weighted by atomic mass is 9.66. The molecule has 2 heteroatoms. The molecule has 104 valence electrons. The van der Waals surface area contributed by atoms with E-state index in [-0.39, 0.29) is 11.0 Å². The molecule has 3 rings (SSSR count). The molecule has 1 aliphatic carbocycles. The van der Waals surface area contributed by atoms with Gasteiger partial charge < -0.3 is 10.5 Å². The molecule has 0 bridgehead atoms. The van der Waals surface area contributed by atoms with E-state index in [0.717, 1.165) is 26.1 Å². The topological polar surface area (TPSA) is 35.2 Å². The first kappa shape index (κ1) is 13.1. The highest BCUT2D eigenvalue weighted by molar-refractivity contribution is 5.37. The van der Waals surface area contributed by atoms with Crippen molar-refractivity contribution in [2.45, 2.75) is 50.0 Å². The normalized spacial score (nSPS) is 33.1. The maximum atomic E-state index is 6.86. The van der Waals surface area contributed by atoms with Crippen molar-refractivity contribution in [3.8, 4) is 0 Å². The third kappa shape index (κ3) is 2.02. The molecule has 2 aliphatic rings. The van der Waals surface area contributed by atoms with Crippen molar-refractivity contribution in [2.24, 2.45) is 11.7 Å². The highest BCUT2D eigenvalue weighted by atomic mass is 16.5. The lowest BCUT2D eigenvalue weighted by molar-refractivity contribution is 0.0329. The van der Waals surface area contributed by atoms with Gasteiger partial charge in [0.25, 0.3) is 0 Å². The Morgan fingerprint density at radius 2 is 1.89 bits per heavy atom. The molecule has 0 aromatic heterocycles. The summed E-state index contributed by atoms with van der Waals surface area (Å²) in [5.41, 5.74) is 8.45. The monoisotopic (exact) mass is 259 g/mol. The average Bonchev–Trinajstić information content (AvgIpc) is 3.13. The number of ether oxygens (including phenoxy) is 1. The van der Waals surface area contributed by atoms with Crippen molar-refractivity contribution < 1.29 is 4.74 Å². The second-order valence-corrected chi connectivity index (χ2v) is 6.29. The number of rotatable bonds is 4. The predicted octanol–water partition coefficient (Wildman–Crippen LogP) is 3.25. The van der Waals surface area contributed by atoms with E-state index in [2.05, 4.69) is 37.3 Å². The summed E-state index contributed by atoms with van der Waals surface area (Å²) in [7, 11) is 0. The summed E-state index contributed by atoms with van der Waals surface area (Å²) in [4.78, 5) is 0. The molecular formula is C17H25NO. The lowest BCUT2D eigenvalue weighted by Crippen LogP contribution is -2.52. The predicted molar refractivity (Wildman–Crippen MR) is 78.1 cm³/mol. The lowest BCUT2D eigenvalue weighted by Gasteiger charge is -2.44. The number of nitrogens with two attached hydrogens (primary N) is 1. The van der Waals surface area contributed by atoms with E-state index < -0.39 is 0 Å². The van der Waals surface area contributed by atoms with Gasteiger partial charge in [0.1, 0.15) is 0 Å². The quantitative estimate of drug-likeness (QED) is 0.901. The van der Waals surface area contributed by atoms with Gasteiger partial charge in [0, 0.05) is 24.2 Å². The fourth-order valence-corrected chi connectivity index (χ4v) is 4.14. The number of hydrogen-bond donors (Lipinski definition) is 1. The SMILES string of the molecule is CCCC1CC1(N)C1(c2ccccc2)CCOCC1. The molecule has 1 aromatic carbocycles. The minimum absolute atomic E-state index is 0.00808. The Bertz CT molecular complexity index is 424. The Morgan fingerprint density at radius 1 is 1.21 bits per heavy atom. The fraction of sp³-hybridized carbons (Fsp3) is 0.647. The molecule has 1 saturated heterocycles. The van der Waals surface area contributed by atoms with Crippen molar-refractivity contribution in [3.05, 3.63) is 35.9 Å². The van der Waals surface area contributed by atoms with Crippen LogP contribution in [-0.4, -0.2) is 18.8 Å². The van der Waals surface area contributed by atoms with Crippen molar-refractivity contribution in [1.29, 1.82) is 0 Å². The second-order valence-electron chi connectivity index (χ2n) is 6.29. The van der Waals surface area contributed by atoms with E-state index in [1.807, 2.05) is 0 Å². The van der Waals surface area contributed by atoms with E-state index in [9.17, 15) is 0 Å². The van der Waals surface area contributed by atoms with E-state index >= 15 is 0 Å². The number of hydrogen-bond acceptors (Lipinski definition) is 2. The van der Waals surface area contributed by atoms with Crippen molar-refractivity contribution >= 4 is 0 Å². The molecule has 19 heavy (non-hydrogen) atoms. The zero-order chi connectivity index (χ0) is 13.3. The second kappa shape index (κ2) is 4.92. The van der Waals surface area contributed by atoms with E-state index in [0.29, 0.717) is 5.92 Å². The highest BCUT2D eigenvalue weighted by Gasteiger charge is 2.63. The Hall–Kier alpha value is -0.860. The average molecular weight is 259 g/mol. The third-order valence-corrected chi connectivity index (χ3v) is 5.35. The molecular weight excluding hydrogens is 234 g/mol. The summed E-state index contributed by atoms with van der Waals surface area (Å²) in [6, 6.07) is 10.9. The van der Waals surface area contributed by atoms with Gasteiger partial charge in [-0.25, -0.2) is 0 Å². The van der Waals surface area contributed by atoms with Gasteiger partial charge in [0.05, 0.1) is 0 Å². The first-order valence-electron chi connectivity index (χ1n) is 7.65. The Morgan fingerprint density at radius 3 is 2.53 bits per heavy atom.